The molecule has 2 aromatic heterocycles. The number of nitrogens with one attached hydrogen (secondary N) is 1. The number of methoxy groups -OCH3 is 1. The van der Waals surface area contributed by atoms with E-state index in [0.717, 1.165) is 16.8 Å². The Morgan fingerprint density at radius 2 is 2.00 bits per heavy atom. The van der Waals surface area contributed by atoms with E-state index in [9.17, 15) is 0 Å². The maximum absolute atomic E-state index is 8.89. The van der Waals surface area contributed by atoms with Crippen molar-refractivity contribution in [2.24, 2.45) is 4.99 Å². The molecule has 0 fully saturated rings. The SMILES string of the molecule is COc1nc2c(Nc3cccc(-c4ccccc4)c3Cl)nsc2nc1C=NCCO. The minimum absolute atomic E-state index is 0.0358. The van der Waals surface area contributed by atoms with Crippen molar-refractivity contribution >= 4 is 51.2 Å². The van der Waals surface area contributed by atoms with Crippen molar-refractivity contribution in [1.29, 1.82) is 0 Å². The summed E-state index contributed by atoms with van der Waals surface area (Å²) in [6, 6.07) is 15.7. The van der Waals surface area contributed by atoms with Gasteiger partial charge in [-0.15, -0.1) is 0 Å². The summed E-state index contributed by atoms with van der Waals surface area (Å²) < 4.78 is 9.81. The maximum atomic E-state index is 8.89. The smallest absolute Gasteiger partial charge is 0.242 e. The van der Waals surface area contributed by atoms with Crippen LogP contribution in [0.5, 0.6) is 5.88 Å². The summed E-state index contributed by atoms with van der Waals surface area (Å²) in [4.78, 5) is 13.8. The van der Waals surface area contributed by atoms with Gasteiger partial charge in [0.15, 0.2) is 10.6 Å². The number of aliphatic imine (C=N–C) groups is 1. The van der Waals surface area contributed by atoms with E-state index in [4.69, 9.17) is 21.4 Å². The Kier molecular flexibility index (Phi) is 6.18. The van der Waals surface area contributed by atoms with Crippen LogP contribution in [0.1, 0.15) is 5.69 Å². The summed E-state index contributed by atoms with van der Waals surface area (Å²) in [5.41, 5.74) is 3.74. The lowest BCUT2D eigenvalue weighted by molar-refractivity contribution is 0.307. The molecule has 152 valence electrons. The molecule has 7 nitrogen and oxygen atoms in total. The minimum Gasteiger partial charge on any atom is -0.479 e. The number of hydrogen-bond acceptors (Lipinski definition) is 8. The second-order valence-corrected chi connectivity index (χ2v) is 7.35. The van der Waals surface area contributed by atoms with E-state index in [1.165, 1.54) is 24.9 Å². The van der Waals surface area contributed by atoms with Crippen LogP contribution in [0, 0.1) is 0 Å². The van der Waals surface area contributed by atoms with Crippen LogP contribution in [0.2, 0.25) is 5.02 Å². The van der Waals surface area contributed by atoms with Crippen molar-refractivity contribution in [3.05, 3.63) is 59.2 Å². The molecule has 0 radical (unpaired) electrons. The number of halogens is 1. The fraction of sp³-hybridized carbons (Fsp3) is 0.143. The molecule has 0 saturated heterocycles. The number of aliphatic hydroxyl groups is 1. The summed E-state index contributed by atoms with van der Waals surface area (Å²) >= 11 is 7.90. The Hall–Kier alpha value is -3.07. The van der Waals surface area contributed by atoms with Gasteiger partial charge < -0.3 is 15.2 Å². The van der Waals surface area contributed by atoms with Crippen molar-refractivity contribution in [1.82, 2.24) is 14.3 Å². The minimum atomic E-state index is -0.0358. The van der Waals surface area contributed by atoms with Crippen molar-refractivity contribution in [3.63, 3.8) is 0 Å². The first kappa shape index (κ1) is 20.2. The van der Waals surface area contributed by atoms with Gasteiger partial charge in [0, 0.05) is 5.56 Å². The highest BCUT2D eigenvalue weighted by molar-refractivity contribution is 7.13. The third-order valence-corrected chi connectivity index (χ3v) is 5.42. The number of rotatable bonds is 7. The first-order valence-corrected chi connectivity index (χ1v) is 10.3. The molecule has 0 saturated carbocycles. The summed E-state index contributed by atoms with van der Waals surface area (Å²) in [6.45, 7) is 0.251. The third-order valence-electron chi connectivity index (χ3n) is 4.28. The van der Waals surface area contributed by atoms with E-state index in [2.05, 4.69) is 24.7 Å². The topological polar surface area (TPSA) is 92.5 Å². The fourth-order valence-electron chi connectivity index (χ4n) is 2.89. The average molecular weight is 440 g/mol. The van der Waals surface area contributed by atoms with Gasteiger partial charge in [-0.05, 0) is 23.2 Å². The van der Waals surface area contributed by atoms with Gasteiger partial charge in [-0.1, -0.05) is 54.1 Å². The molecular weight excluding hydrogens is 422 g/mol. The number of fused-ring (bicyclic) bond motifs is 1. The Labute approximate surface area is 182 Å². The molecule has 30 heavy (non-hydrogen) atoms. The second kappa shape index (κ2) is 9.17. The maximum Gasteiger partial charge on any atom is 0.242 e. The molecular formula is C21H18ClN5O2S. The number of aliphatic hydroxyl groups excluding tert-OH is 1. The van der Waals surface area contributed by atoms with Crippen molar-refractivity contribution < 1.29 is 9.84 Å². The van der Waals surface area contributed by atoms with Gasteiger partial charge in [-0.25, -0.2) is 9.97 Å². The standard InChI is InChI=1S/C21H18ClN5O2S/c1-29-20-16(12-23-10-11-28)25-21-18(26-20)19(27-30-21)24-15-9-5-8-14(17(15)22)13-6-3-2-4-7-13/h2-9,12,28H,10-11H2,1H3,(H,24,27). The zero-order valence-electron chi connectivity index (χ0n) is 16.0. The molecule has 0 aliphatic carbocycles. The van der Waals surface area contributed by atoms with Crippen molar-refractivity contribution in [3.8, 4) is 17.0 Å². The monoisotopic (exact) mass is 439 g/mol. The Morgan fingerprint density at radius 1 is 1.17 bits per heavy atom. The fourth-order valence-corrected chi connectivity index (χ4v) is 3.85. The molecule has 9 heteroatoms. The summed E-state index contributed by atoms with van der Waals surface area (Å²) in [5.74, 6) is 0.878. The van der Waals surface area contributed by atoms with Crippen molar-refractivity contribution in [2.45, 2.75) is 0 Å². The molecule has 4 rings (SSSR count). The number of hydrogen-bond donors (Lipinski definition) is 2. The molecule has 0 bridgehead atoms. The van der Waals surface area contributed by atoms with Crippen LogP contribution in [-0.2, 0) is 0 Å². The molecule has 0 unspecified atom stereocenters. The molecule has 0 atom stereocenters. The third kappa shape index (κ3) is 4.11. The zero-order chi connectivity index (χ0) is 20.9. The molecule has 4 aromatic rings. The molecule has 0 spiro atoms. The van der Waals surface area contributed by atoms with Gasteiger partial charge >= 0.3 is 0 Å². The predicted octanol–water partition coefficient (Wildman–Crippen LogP) is 4.57. The quantitative estimate of drug-likeness (QED) is 0.410. The highest BCUT2D eigenvalue weighted by Crippen LogP contribution is 2.36. The van der Waals surface area contributed by atoms with Crippen LogP contribution in [0.15, 0.2) is 53.5 Å². The highest BCUT2D eigenvalue weighted by atomic mass is 35.5. The van der Waals surface area contributed by atoms with Gasteiger partial charge in [0.25, 0.3) is 0 Å². The lowest BCUT2D eigenvalue weighted by atomic mass is 10.1. The van der Waals surface area contributed by atoms with Crippen LogP contribution >= 0.6 is 23.1 Å². The Morgan fingerprint density at radius 3 is 2.77 bits per heavy atom. The van der Waals surface area contributed by atoms with E-state index in [1.807, 2.05) is 48.5 Å². The van der Waals surface area contributed by atoms with E-state index < -0.39 is 0 Å². The van der Waals surface area contributed by atoms with E-state index in [-0.39, 0.29) is 13.2 Å². The van der Waals surface area contributed by atoms with Gasteiger partial charge in [-0.2, -0.15) is 4.37 Å². The van der Waals surface area contributed by atoms with Gasteiger partial charge in [-0.3, -0.25) is 4.99 Å². The van der Waals surface area contributed by atoms with Crippen LogP contribution < -0.4 is 10.1 Å². The number of anilines is 2. The lowest BCUT2D eigenvalue weighted by Gasteiger charge is -2.11. The molecule has 2 aromatic carbocycles. The molecule has 2 N–H and O–H groups in total. The van der Waals surface area contributed by atoms with E-state index >= 15 is 0 Å². The zero-order valence-corrected chi connectivity index (χ0v) is 17.6. The van der Waals surface area contributed by atoms with Crippen LogP contribution in [0.4, 0.5) is 11.5 Å². The molecule has 2 heterocycles. The van der Waals surface area contributed by atoms with Crippen LogP contribution in [-0.4, -0.2) is 45.9 Å². The van der Waals surface area contributed by atoms with Crippen molar-refractivity contribution in [2.75, 3.05) is 25.6 Å². The Balaban J connectivity index is 1.70. The van der Waals surface area contributed by atoms with E-state index in [1.54, 1.807) is 0 Å². The number of nitrogens with zero attached hydrogens (tertiary/aromatic N) is 4. The summed E-state index contributed by atoms with van der Waals surface area (Å²) in [6.07, 6.45) is 1.54. The average Bonchev–Trinajstić information content (AvgIpc) is 3.17. The van der Waals surface area contributed by atoms with Crippen LogP contribution in [0.3, 0.4) is 0 Å². The van der Waals surface area contributed by atoms with Gasteiger partial charge in [0.2, 0.25) is 5.88 Å². The lowest BCUT2D eigenvalue weighted by Crippen LogP contribution is -2.00. The second-order valence-electron chi connectivity index (χ2n) is 6.22. The Bertz CT molecular complexity index is 1200. The first-order valence-electron chi connectivity index (χ1n) is 9.14. The molecule has 0 aliphatic rings. The number of ether oxygens (including phenoxy) is 1. The van der Waals surface area contributed by atoms with E-state index in [0.29, 0.717) is 32.8 Å². The van der Waals surface area contributed by atoms with Crippen LogP contribution in [0.25, 0.3) is 21.5 Å². The summed E-state index contributed by atoms with van der Waals surface area (Å²) in [7, 11) is 1.52. The summed E-state index contributed by atoms with van der Waals surface area (Å²) in [5, 5.41) is 12.8. The van der Waals surface area contributed by atoms with Gasteiger partial charge in [0.05, 0.1) is 37.2 Å². The number of benzene rings is 2. The molecule has 0 amide bonds. The van der Waals surface area contributed by atoms with Gasteiger partial charge in [0.1, 0.15) is 11.2 Å². The largest absolute Gasteiger partial charge is 0.479 e. The normalized spacial score (nSPS) is 11.3. The molecule has 0 aliphatic heterocycles. The number of aromatic nitrogens is 3. The first-order chi connectivity index (χ1) is 14.7. The highest BCUT2D eigenvalue weighted by Gasteiger charge is 2.16. The predicted molar refractivity (Wildman–Crippen MR) is 121 cm³/mol.